The fourth-order valence-corrected chi connectivity index (χ4v) is 3.61. The van der Waals surface area contributed by atoms with E-state index in [-0.39, 0.29) is 0 Å². The second-order valence-electron chi connectivity index (χ2n) is 6.45. The molecule has 5 rings (SSSR count). The van der Waals surface area contributed by atoms with Crippen molar-refractivity contribution in [1.29, 1.82) is 0 Å². The van der Waals surface area contributed by atoms with Gasteiger partial charge in [0.05, 0.1) is 16.7 Å². The van der Waals surface area contributed by atoms with Crippen molar-refractivity contribution in [3.05, 3.63) is 96.1 Å². The maximum Gasteiger partial charge on any atom is 0.129 e. The number of rotatable bonds is 2. The quantitative estimate of drug-likeness (QED) is 0.254. The molecule has 0 unspecified atom stereocenters. The molecule has 0 N–H and O–H groups in total. The van der Waals surface area contributed by atoms with E-state index < -0.39 is 0 Å². The molecule has 2 aromatic heterocycles. The Kier molecular flexibility index (Phi) is 3.84. The van der Waals surface area contributed by atoms with Crippen LogP contribution in [0.25, 0.3) is 44.2 Å². The molecule has 0 amide bonds. The highest BCUT2D eigenvalue weighted by Gasteiger charge is 2.13. The van der Waals surface area contributed by atoms with Gasteiger partial charge in [0, 0.05) is 16.3 Å². The first-order chi connectivity index (χ1) is 13.3. The van der Waals surface area contributed by atoms with E-state index in [9.17, 15) is 0 Å². The summed E-state index contributed by atoms with van der Waals surface area (Å²) in [5.74, 6) is 0. The molecule has 0 aliphatic rings. The van der Waals surface area contributed by atoms with Crippen molar-refractivity contribution in [3.8, 4) is 22.4 Å². The largest absolute Gasteiger partial charge is 0.245 e. The van der Waals surface area contributed by atoms with Crippen molar-refractivity contribution < 1.29 is 0 Å². The van der Waals surface area contributed by atoms with Crippen LogP contribution in [0.15, 0.2) is 91.0 Å². The summed E-state index contributed by atoms with van der Waals surface area (Å²) in [4.78, 5) is 9.56. The highest BCUT2D eigenvalue weighted by atomic mass is 35.5. The van der Waals surface area contributed by atoms with Gasteiger partial charge in [-0.2, -0.15) is 0 Å². The number of nitrogens with zero attached hydrogens (tertiary/aromatic N) is 2. The Balaban J connectivity index is 1.92. The molecule has 0 fully saturated rings. The van der Waals surface area contributed by atoms with Crippen LogP contribution in [0.2, 0.25) is 5.15 Å². The number of halogens is 1. The number of pyridine rings is 2. The van der Waals surface area contributed by atoms with Gasteiger partial charge in [-0.3, -0.25) is 0 Å². The first-order valence-electron chi connectivity index (χ1n) is 8.80. The SMILES string of the molecule is Clc1ccc2ccc3c(-c4ccccc4)cc(-c4ccccc4)nc3c2n1. The predicted octanol–water partition coefficient (Wildman–Crippen LogP) is 6.77. The summed E-state index contributed by atoms with van der Waals surface area (Å²) >= 11 is 6.19. The zero-order chi connectivity index (χ0) is 18.2. The zero-order valence-electron chi connectivity index (χ0n) is 14.4. The molecule has 0 spiro atoms. The van der Waals surface area contributed by atoms with E-state index in [2.05, 4.69) is 59.6 Å². The van der Waals surface area contributed by atoms with Crippen LogP contribution in [0, 0.1) is 0 Å². The molecule has 0 aliphatic carbocycles. The lowest BCUT2D eigenvalue weighted by Crippen LogP contribution is -1.92. The number of benzene rings is 3. The van der Waals surface area contributed by atoms with E-state index in [1.807, 2.05) is 36.4 Å². The molecule has 3 aromatic carbocycles. The Bertz CT molecular complexity index is 1270. The van der Waals surface area contributed by atoms with Gasteiger partial charge >= 0.3 is 0 Å². The first kappa shape index (κ1) is 16.0. The molecule has 2 heterocycles. The number of hydrogen-bond donors (Lipinski definition) is 0. The highest BCUT2D eigenvalue weighted by molar-refractivity contribution is 6.30. The van der Waals surface area contributed by atoms with Crippen molar-refractivity contribution >= 4 is 33.4 Å². The molecule has 0 aliphatic heterocycles. The molecule has 0 bridgehead atoms. The molecule has 5 aromatic rings. The lowest BCUT2D eigenvalue weighted by molar-refractivity contribution is 1.37. The van der Waals surface area contributed by atoms with Gasteiger partial charge < -0.3 is 0 Å². The Labute approximate surface area is 162 Å². The maximum absolute atomic E-state index is 6.19. The molecule has 2 nitrogen and oxygen atoms in total. The van der Waals surface area contributed by atoms with Crippen LogP contribution in [-0.4, -0.2) is 9.97 Å². The van der Waals surface area contributed by atoms with E-state index in [4.69, 9.17) is 16.6 Å². The molecular formula is C24H15ClN2. The van der Waals surface area contributed by atoms with E-state index >= 15 is 0 Å². The van der Waals surface area contributed by atoms with Crippen LogP contribution in [0.4, 0.5) is 0 Å². The average Bonchev–Trinajstić information content (AvgIpc) is 2.74. The third-order valence-electron chi connectivity index (χ3n) is 4.76. The molecular weight excluding hydrogens is 352 g/mol. The van der Waals surface area contributed by atoms with Gasteiger partial charge in [0.15, 0.2) is 0 Å². The Morgan fingerprint density at radius 3 is 2.00 bits per heavy atom. The number of fused-ring (bicyclic) bond motifs is 3. The van der Waals surface area contributed by atoms with Gasteiger partial charge in [-0.1, -0.05) is 84.4 Å². The fourth-order valence-electron chi connectivity index (χ4n) is 3.46. The molecule has 0 atom stereocenters. The van der Waals surface area contributed by atoms with Crippen LogP contribution in [0.5, 0.6) is 0 Å². The van der Waals surface area contributed by atoms with Crippen molar-refractivity contribution in [2.45, 2.75) is 0 Å². The van der Waals surface area contributed by atoms with Crippen LogP contribution >= 0.6 is 11.6 Å². The summed E-state index contributed by atoms with van der Waals surface area (Å²) in [5.41, 5.74) is 6.00. The standard InChI is InChI=1S/C24H15ClN2/c25-22-14-12-18-11-13-19-20(16-7-3-1-4-8-16)15-21(17-9-5-2-6-10-17)26-24(19)23(18)27-22/h1-15H. The van der Waals surface area contributed by atoms with Crippen LogP contribution in [-0.2, 0) is 0 Å². The summed E-state index contributed by atoms with van der Waals surface area (Å²) in [6.45, 7) is 0. The molecule has 0 saturated carbocycles. The second kappa shape index (κ2) is 6.49. The number of hydrogen-bond acceptors (Lipinski definition) is 2. The van der Waals surface area contributed by atoms with Crippen LogP contribution in [0.3, 0.4) is 0 Å². The minimum Gasteiger partial charge on any atom is -0.245 e. The van der Waals surface area contributed by atoms with Gasteiger partial charge in [-0.15, -0.1) is 0 Å². The second-order valence-corrected chi connectivity index (χ2v) is 6.84. The van der Waals surface area contributed by atoms with E-state index in [0.717, 1.165) is 44.2 Å². The van der Waals surface area contributed by atoms with Crippen molar-refractivity contribution in [1.82, 2.24) is 9.97 Å². The lowest BCUT2D eigenvalue weighted by atomic mass is 9.97. The summed E-state index contributed by atoms with van der Waals surface area (Å²) in [5, 5.41) is 2.58. The summed E-state index contributed by atoms with van der Waals surface area (Å²) in [6, 6.07) is 30.8. The summed E-state index contributed by atoms with van der Waals surface area (Å²) in [6.07, 6.45) is 0. The fraction of sp³-hybridized carbons (Fsp3) is 0. The molecule has 128 valence electrons. The topological polar surface area (TPSA) is 25.8 Å². The van der Waals surface area contributed by atoms with E-state index in [0.29, 0.717) is 5.15 Å². The Morgan fingerprint density at radius 1 is 0.593 bits per heavy atom. The summed E-state index contributed by atoms with van der Waals surface area (Å²) < 4.78 is 0. The van der Waals surface area contributed by atoms with Gasteiger partial charge in [0.2, 0.25) is 0 Å². The molecule has 0 saturated heterocycles. The van der Waals surface area contributed by atoms with Gasteiger partial charge in [-0.05, 0) is 29.3 Å². The molecule has 0 radical (unpaired) electrons. The normalized spacial score (nSPS) is 11.1. The smallest absolute Gasteiger partial charge is 0.129 e. The van der Waals surface area contributed by atoms with Crippen molar-refractivity contribution in [2.24, 2.45) is 0 Å². The van der Waals surface area contributed by atoms with Crippen LogP contribution in [0.1, 0.15) is 0 Å². The lowest BCUT2D eigenvalue weighted by Gasteiger charge is -2.12. The Morgan fingerprint density at radius 2 is 1.26 bits per heavy atom. The minimum absolute atomic E-state index is 0.475. The summed E-state index contributed by atoms with van der Waals surface area (Å²) in [7, 11) is 0. The van der Waals surface area contributed by atoms with Gasteiger partial charge in [0.1, 0.15) is 5.15 Å². The monoisotopic (exact) mass is 366 g/mol. The van der Waals surface area contributed by atoms with E-state index in [1.165, 1.54) is 0 Å². The number of aromatic nitrogens is 2. The Hall–Kier alpha value is -3.23. The maximum atomic E-state index is 6.19. The molecule has 3 heteroatoms. The highest BCUT2D eigenvalue weighted by Crippen LogP contribution is 2.35. The van der Waals surface area contributed by atoms with Crippen LogP contribution < -0.4 is 0 Å². The molecule has 27 heavy (non-hydrogen) atoms. The van der Waals surface area contributed by atoms with Gasteiger partial charge in [-0.25, -0.2) is 9.97 Å². The first-order valence-corrected chi connectivity index (χ1v) is 9.18. The minimum atomic E-state index is 0.475. The predicted molar refractivity (Wildman–Crippen MR) is 113 cm³/mol. The average molecular weight is 367 g/mol. The zero-order valence-corrected chi connectivity index (χ0v) is 15.2. The van der Waals surface area contributed by atoms with Gasteiger partial charge in [0.25, 0.3) is 0 Å². The van der Waals surface area contributed by atoms with Crippen molar-refractivity contribution in [2.75, 3.05) is 0 Å². The third kappa shape index (κ3) is 2.84. The van der Waals surface area contributed by atoms with Crippen molar-refractivity contribution in [3.63, 3.8) is 0 Å². The van der Waals surface area contributed by atoms with E-state index in [1.54, 1.807) is 0 Å². The third-order valence-corrected chi connectivity index (χ3v) is 4.97.